The monoisotopic (exact) mass is 333 g/mol. The molecular formula is C19H27NO4. The minimum atomic E-state index is 0.0422. The van der Waals surface area contributed by atoms with Gasteiger partial charge in [-0.15, -0.1) is 0 Å². The zero-order valence-corrected chi connectivity index (χ0v) is 15.0. The van der Waals surface area contributed by atoms with Gasteiger partial charge in [-0.05, 0) is 37.3 Å². The highest BCUT2D eigenvalue weighted by atomic mass is 16.5. The number of hydrogen-bond acceptors (Lipinski definition) is 4. The van der Waals surface area contributed by atoms with Gasteiger partial charge >= 0.3 is 0 Å². The molecule has 0 N–H and O–H groups in total. The lowest BCUT2D eigenvalue weighted by atomic mass is 10.1. The van der Waals surface area contributed by atoms with Gasteiger partial charge in [-0.2, -0.15) is 0 Å². The van der Waals surface area contributed by atoms with Gasteiger partial charge in [0.1, 0.15) is 5.75 Å². The molecule has 1 aliphatic rings. The van der Waals surface area contributed by atoms with Gasteiger partial charge in [-0.3, -0.25) is 4.79 Å². The summed E-state index contributed by atoms with van der Waals surface area (Å²) in [5.41, 5.74) is 0.784. The molecule has 5 heteroatoms. The fourth-order valence-corrected chi connectivity index (χ4v) is 2.62. The standard InChI is InChI=1S/C19H27NO4/c1-5-10-20(13-14-6-7-14)19(21)9-8-15-11-17(23-3)18(24-4)12-16(15)22-2/h8-9,11-12,14H,5-7,10,13H2,1-4H3. The Kier molecular flexibility index (Phi) is 6.53. The van der Waals surface area contributed by atoms with Crippen molar-refractivity contribution in [2.75, 3.05) is 34.4 Å². The highest BCUT2D eigenvalue weighted by molar-refractivity contribution is 5.92. The Labute approximate surface area is 144 Å². The van der Waals surface area contributed by atoms with Gasteiger partial charge < -0.3 is 19.1 Å². The molecule has 1 amide bonds. The third-order valence-electron chi connectivity index (χ3n) is 4.12. The van der Waals surface area contributed by atoms with E-state index in [0.29, 0.717) is 23.2 Å². The van der Waals surface area contributed by atoms with Crippen LogP contribution in [0.5, 0.6) is 17.2 Å². The number of ether oxygens (including phenoxy) is 3. The Morgan fingerprint density at radius 2 is 1.75 bits per heavy atom. The smallest absolute Gasteiger partial charge is 0.246 e. The van der Waals surface area contributed by atoms with Crippen LogP contribution in [0.15, 0.2) is 18.2 Å². The highest BCUT2D eigenvalue weighted by Gasteiger charge is 2.25. The summed E-state index contributed by atoms with van der Waals surface area (Å²) in [6.45, 7) is 3.75. The zero-order chi connectivity index (χ0) is 17.5. The quantitative estimate of drug-likeness (QED) is 0.650. The SMILES string of the molecule is CCCN(CC1CC1)C(=O)C=Cc1cc(OC)c(OC)cc1OC. The molecule has 0 radical (unpaired) electrons. The van der Waals surface area contributed by atoms with Crippen LogP contribution in [-0.4, -0.2) is 45.2 Å². The summed E-state index contributed by atoms with van der Waals surface area (Å²) in [5, 5.41) is 0. The average Bonchev–Trinajstić information content (AvgIpc) is 3.42. The fourth-order valence-electron chi connectivity index (χ4n) is 2.62. The molecule has 0 saturated heterocycles. The van der Waals surface area contributed by atoms with E-state index >= 15 is 0 Å². The van der Waals surface area contributed by atoms with Crippen molar-refractivity contribution in [1.82, 2.24) is 4.90 Å². The van der Waals surface area contributed by atoms with Crippen molar-refractivity contribution in [2.24, 2.45) is 5.92 Å². The van der Waals surface area contributed by atoms with Gasteiger partial charge in [0.25, 0.3) is 0 Å². The second-order valence-corrected chi connectivity index (χ2v) is 6.01. The molecule has 0 aliphatic heterocycles. The predicted molar refractivity (Wildman–Crippen MR) is 94.7 cm³/mol. The van der Waals surface area contributed by atoms with Crippen LogP contribution in [0.3, 0.4) is 0 Å². The third kappa shape index (κ3) is 4.66. The summed E-state index contributed by atoms with van der Waals surface area (Å²) < 4.78 is 16.0. The van der Waals surface area contributed by atoms with E-state index in [4.69, 9.17) is 14.2 Å². The van der Waals surface area contributed by atoms with E-state index in [0.717, 1.165) is 25.1 Å². The topological polar surface area (TPSA) is 48.0 Å². The first-order chi connectivity index (χ1) is 11.6. The van der Waals surface area contributed by atoms with Crippen molar-refractivity contribution in [3.8, 4) is 17.2 Å². The number of benzene rings is 1. The molecule has 1 aromatic carbocycles. The molecule has 1 aliphatic carbocycles. The molecule has 1 aromatic rings. The first-order valence-corrected chi connectivity index (χ1v) is 8.39. The minimum Gasteiger partial charge on any atom is -0.496 e. The van der Waals surface area contributed by atoms with E-state index < -0.39 is 0 Å². The van der Waals surface area contributed by atoms with E-state index in [1.165, 1.54) is 12.8 Å². The Morgan fingerprint density at radius 1 is 1.12 bits per heavy atom. The Bertz CT molecular complexity index is 593. The highest BCUT2D eigenvalue weighted by Crippen LogP contribution is 2.35. The molecule has 0 heterocycles. The van der Waals surface area contributed by atoms with Gasteiger partial charge in [0.15, 0.2) is 11.5 Å². The third-order valence-corrected chi connectivity index (χ3v) is 4.12. The molecule has 0 atom stereocenters. The molecule has 0 bridgehead atoms. The molecule has 1 saturated carbocycles. The van der Waals surface area contributed by atoms with Crippen LogP contribution in [0.2, 0.25) is 0 Å². The largest absolute Gasteiger partial charge is 0.496 e. The van der Waals surface area contributed by atoms with E-state index in [-0.39, 0.29) is 5.91 Å². The van der Waals surface area contributed by atoms with Gasteiger partial charge in [0, 0.05) is 30.8 Å². The van der Waals surface area contributed by atoms with Crippen LogP contribution in [0.4, 0.5) is 0 Å². The molecule has 0 unspecified atom stereocenters. The van der Waals surface area contributed by atoms with Crippen LogP contribution < -0.4 is 14.2 Å². The summed E-state index contributed by atoms with van der Waals surface area (Å²) in [6, 6.07) is 3.57. The molecule has 0 spiro atoms. The molecule has 5 nitrogen and oxygen atoms in total. The van der Waals surface area contributed by atoms with Gasteiger partial charge in [0.05, 0.1) is 21.3 Å². The molecule has 24 heavy (non-hydrogen) atoms. The van der Waals surface area contributed by atoms with Gasteiger partial charge in [-0.25, -0.2) is 0 Å². The summed E-state index contributed by atoms with van der Waals surface area (Å²) in [6.07, 6.45) is 6.83. The maximum absolute atomic E-state index is 12.5. The fraction of sp³-hybridized carbons (Fsp3) is 0.526. The second-order valence-electron chi connectivity index (χ2n) is 6.01. The maximum Gasteiger partial charge on any atom is 0.246 e. The van der Waals surface area contributed by atoms with Crippen molar-refractivity contribution in [3.05, 3.63) is 23.8 Å². The zero-order valence-electron chi connectivity index (χ0n) is 15.0. The summed E-state index contributed by atoms with van der Waals surface area (Å²) >= 11 is 0. The van der Waals surface area contributed by atoms with Crippen LogP contribution >= 0.6 is 0 Å². The van der Waals surface area contributed by atoms with Crippen LogP contribution in [-0.2, 0) is 4.79 Å². The lowest BCUT2D eigenvalue weighted by molar-refractivity contribution is -0.126. The molecule has 2 rings (SSSR count). The summed E-state index contributed by atoms with van der Waals surface area (Å²) in [5.74, 6) is 2.57. The first-order valence-electron chi connectivity index (χ1n) is 8.39. The number of hydrogen-bond donors (Lipinski definition) is 0. The Balaban J connectivity index is 2.17. The van der Waals surface area contributed by atoms with Crippen molar-refractivity contribution >= 4 is 12.0 Å². The van der Waals surface area contributed by atoms with Gasteiger partial charge in [0.2, 0.25) is 5.91 Å². The minimum absolute atomic E-state index is 0.0422. The number of carbonyl (C=O) groups is 1. The average molecular weight is 333 g/mol. The van der Waals surface area contributed by atoms with E-state index in [1.54, 1.807) is 39.5 Å². The maximum atomic E-state index is 12.5. The van der Waals surface area contributed by atoms with Crippen molar-refractivity contribution in [1.29, 1.82) is 0 Å². The lowest BCUT2D eigenvalue weighted by Crippen LogP contribution is -2.32. The Morgan fingerprint density at radius 3 is 2.29 bits per heavy atom. The second kappa shape index (κ2) is 8.62. The predicted octanol–water partition coefficient (Wildman–Crippen LogP) is 3.37. The summed E-state index contributed by atoms with van der Waals surface area (Å²) in [7, 11) is 4.76. The molecule has 132 valence electrons. The van der Waals surface area contributed by atoms with Crippen LogP contribution in [0.1, 0.15) is 31.7 Å². The number of nitrogens with zero attached hydrogens (tertiary/aromatic N) is 1. The van der Waals surface area contributed by atoms with Crippen molar-refractivity contribution < 1.29 is 19.0 Å². The number of methoxy groups -OCH3 is 3. The molecule has 1 fully saturated rings. The van der Waals surface area contributed by atoms with Gasteiger partial charge in [-0.1, -0.05) is 6.92 Å². The van der Waals surface area contributed by atoms with E-state index in [1.807, 2.05) is 11.0 Å². The first kappa shape index (κ1) is 18.2. The summed E-state index contributed by atoms with van der Waals surface area (Å²) in [4.78, 5) is 14.4. The van der Waals surface area contributed by atoms with Crippen molar-refractivity contribution in [3.63, 3.8) is 0 Å². The van der Waals surface area contributed by atoms with E-state index in [9.17, 15) is 4.79 Å². The lowest BCUT2D eigenvalue weighted by Gasteiger charge is -2.20. The Hall–Kier alpha value is -2.17. The number of carbonyl (C=O) groups excluding carboxylic acids is 1. The van der Waals surface area contributed by atoms with Crippen LogP contribution in [0, 0.1) is 5.92 Å². The van der Waals surface area contributed by atoms with Crippen LogP contribution in [0.25, 0.3) is 6.08 Å². The normalized spacial score (nSPS) is 13.8. The molecular weight excluding hydrogens is 306 g/mol. The molecule has 0 aromatic heterocycles. The number of amides is 1. The number of rotatable bonds is 9. The van der Waals surface area contributed by atoms with E-state index in [2.05, 4.69) is 6.92 Å². The van der Waals surface area contributed by atoms with Crippen molar-refractivity contribution in [2.45, 2.75) is 26.2 Å².